The first-order chi connectivity index (χ1) is 8.81. The van der Waals surface area contributed by atoms with Crippen molar-refractivity contribution in [2.45, 2.75) is 37.8 Å². The van der Waals surface area contributed by atoms with Crippen LogP contribution in [0.5, 0.6) is 0 Å². The Morgan fingerprint density at radius 2 is 2.16 bits per heavy atom. The van der Waals surface area contributed by atoms with Crippen molar-refractivity contribution in [2.75, 3.05) is 6.61 Å². The topological polar surface area (TPSA) is 109 Å². The number of nitrogens with one attached hydrogen (secondary N) is 1. The van der Waals surface area contributed by atoms with Crippen LogP contribution in [0.3, 0.4) is 0 Å². The first-order valence-electron chi connectivity index (χ1n) is 5.88. The van der Waals surface area contributed by atoms with E-state index in [-0.39, 0.29) is 17.2 Å². The molecule has 3 N–H and O–H groups in total. The minimum absolute atomic E-state index is 0.0705. The van der Waals surface area contributed by atoms with Crippen molar-refractivity contribution in [3.63, 3.8) is 0 Å². The van der Waals surface area contributed by atoms with Crippen LogP contribution >= 0.6 is 0 Å². The van der Waals surface area contributed by atoms with Gasteiger partial charge in [0.2, 0.25) is 10.0 Å². The average molecular weight is 290 g/mol. The molecular formula is C11H18N2O5S. The highest BCUT2D eigenvalue weighted by Crippen LogP contribution is 2.15. The Morgan fingerprint density at radius 3 is 2.63 bits per heavy atom. The molecule has 7 nitrogen and oxygen atoms in total. The maximum atomic E-state index is 12.0. The van der Waals surface area contributed by atoms with Crippen LogP contribution < -0.4 is 4.72 Å². The van der Waals surface area contributed by atoms with E-state index in [1.807, 2.05) is 6.92 Å². The molecule has 1 heterocycles. The lowest BCUT2D eigenvalue weighted by Gasteiger charge is -2.09. The molecule has 0 aliphatic heterocycles. The van der Waals surface area contributed by atoms with Crippen LogP contribution in [0.4, 0.5) is 0 Å². The van der Waals surface area contributed by atoms with Gasteiger partial charge < -0.3 is 14.8 Å². The molecule has 0 fully saturated rings. The third-order valence-electron chi connectivity index (χ3n) is 2.50. The standard InChI is InChI=1S/C11H18N2O5S/c1-3-4-13-6-9(5-10(13)11(15)16)19(17,18)12-8(2)7-14/h5-6,8,12,14H,3-4,7H2,1-2H3,(H,15,16)/t8-/m1/s1. The average Bonchev–Trinajstić information content (AvgIpc) is 2.74. The van der Waals surface area contributed by atoms with Gasteiger partial charge in [0.15, 0.2) is 0 Å². The summed E-state index contributed by atoms with van der Waals surface area (Å²) in [7, 11) is -3.82. The van der Waals surface area contributed by atoms with Crippen molar-refractivity contribution < 1.29 is 23.4 Å². The highest BCUT2D eigenvalue weighted by atomic mass is 32.2. The van der Waals surface area contributed by atoms with E-state index in [0.717, 1.165) is 6.07 Å². The number of sulfonamides is 1. The lowest BCUT2D eigenvalue weighted by Crippen LogP contribution is -2.34. The number of aromatic nitrogens is 1. The van der Waals surface area contributed by atoms with Crippen LogP contribution in [0.25, 0.3) is 0 Å². The lowest BCUT2D eigenvalue weighted by molar-refractivity contribution is 0.0685. The van der Waals surface area contributed by atoms with Crippen molar-refractivity contribution in [2.24, 2.45) is 0 Å². The fourth-order valence-corrected chi connectivity index (χ4v) is 2.88. The van der Waals surface area contributed by atoms with Gasteiger partial charge >= 0.3 is 5.97 Å². The Kier molecular flexibility index (Phi) is 5.10. The summed E-state index contributed by atoms with van der Waals surface area (Å²) < 4.78 is 27.6. The molecule has 0 radical (unpaired) electrons. The number of hydrogen-bond acceptors (Lipinski definition) is 4. The maximum Gasteiger partial charge on any atom is 0.352 e. The van der Waals surface area contributed by atoms with E-state index in [1.54, 1.807) is 0 Å². The van der Waals surface area contributed by atoms with Crippen LogP contribution in [0.15, 0.2) is 17.2 Å². The Labute approximate surface area is 111 Å². The number of aliphatic hydroxyl groups is 1. The van der Waals surface area contributed by atoms with Gasteiger partial charge in [-0.2, -0.15) is 0 Å². The minimum Gasteiger partial charge on any atom is -0.477 e. The van der Waals surface area contributed by atoms with Crippen LogP contribution in [0.1, 0.15) is 30.8 Å². The van der Waals surface area contributed by atoms with Crippen molar-refractivity contribution in [1.82, 2.24) is 9.29 Å². The fourth-order valence-electron chi connectivity index (χ4n) is 1.61. The van der Waals surface area contributed by atoms with E-state index in [2.05, 4.69) is 4.72 Å². The van der Waals surface area contributed by atoms with Crippen LogP contribution in [-0.4, -0.2) is 41.8 Å². The predicted octanol–water partition coefficient (Wildman–Crippen LogP) is 0.255. The van der Waals surface area contributed by atoms with Gasteiger partial charge in [0, 0.05) is 18.8 Å². The SMILES string of the molecule is CCCn1cc(S(=O)(=O)N[C@H](C)CO)cc1C(=O)O. The van der Waals surface area contributed by atoms with Gasteiger partial charge in [-0.3, -0.25) is 0 Å². The molecule has 1 atom stereocenters. The first-order valence-corrected chi connectivity index (χ1v) is 7.36. The van der Waals surface area contributed by atoms with E-state index >= 15 is 0 Å². The van der Waals surface area contributed by atoms with Crippen LogP contribution in [0.2, 0.25) is 0 Å². The van der Waals surface area contributed by atoms with Gasteiger partial charge in [0.25, 0.3) is 0 Å². The molecule has 8 heteroatoms. The largest absolute Gasteiger partial charge is 0.477 e. The zero-order valence-electron chi connectivity index (χ0n) is 10.8. The molecule has 1 aromatic rings. The molecule has 1 rings (SSSR count). The summed E-state index contributed by atoms with van der Waals surface area (Å²) in [5, 5.41) is 17.9. The van der Waals surface area contributed by atoms with E-state index in [9.17, 15) is 13.2 Å². The number of aromatic carboxylic acids is 1. The number of aliphatic hydroxyl groups excluding tert-OH is 1. The molecule has 108 valence electrons. The molecule has 1 aromatic heterocycles. The number of rotatable bonds is 7. The fraction of sp³-hybridized carbons (Fsp3) is 0.545. The van der Waals surface area contributed by atoms with Crippen molar-refractivity contribution in [3.05, 3.63) is 18.0 Å². The molecule has 0 aliphatic rings. The molecular weight excluding hydrogens is 272 g/mol. The van der Waals surface area contributed by atoms with Crippen molar-refractivity contribution in [1.29, 1.82) is 0 Å². The molecule has 0 spiro atoms. The van der Waals surface area contributed by atoms with Gasteiger partial charge in [-0.15, -0.1) is 0 Å². The van der Waals surface area contributed by atoms with Gasteiger partial charge in [-0.25, -0.2) is 17.9 Å². The van der Waals surface area contributed by atoms with E-state index in [1.165, 1.54) is 17.7 Å². The summed E-state index contributed by atoms with van der Waals surface area (Å²) in [4.78, 5) is 10.9. The third kappa shape index (κ3) is 3.79. The summed E-state index contributed by atoms with van der Waals surface area (Å²) in [5.41, 5.74) is -0.0705. The number of hydrogen-bond donors (Lipinski definition) is 3. The van der Waals surface area contributed by atoms with Gasteiger partial charge in [0.05, 0.1) is 6.61 Å². The number of nitrogens with zero attached hydrogens (tertiary/aromatic N) is 1. The molecule has 0 aliphatic carbocycles. The van der Waals surface area contributed by atoms with E-state index in [0.29, 0.717) is 13.0 Å². The number of carboxylic acid groups (broad SMARTS) is 1. The summed E-state index contributed by atoms with van der Waals surface area (Å²) in [6.45, 7) is 3.47. The number of carbonyl (C=O) groups is 1. The molecule has 0 unspecified atom stereocenters. The highest BCUT2D eigenvalue weighted by Gasteiger charge is 2.22. The minimum atomic E-state index is -3.82. The number of aryl methyl sites for hydroxylation is 1. The second kappa shape index (κ2) is 6.18. The van der Waals surface area contributed by atoms with Crippen molar-refractivity contribution >= 4 is 16.0 Å². The molecule has 0 bridgehead atoms. The first kappa shape index (κ1) is 15.7. The Morgan fingerprint density at radius 1 is 1.53 bits per heavy atom. The zero-order valence-corrected chi connectivity index (χ0v) is 11.6. The summed E-state index contributed by atoms with van der Waals surface area (Å²) in [6, 6.07) is 0.484. The molecule has 0 saturated heterocycles. The van der Waals surface area contributed by atoms with E-state index in [4.69, 9.17) is 10.2 Å². The molecule has 0 amide bonds. The monoisotopic (exact) mass is 290 g/mol. The Hall–Kier alpha value is -1.38. The lowest BCUT2D eigenvalue weighted by atomic mass is 10.4. The summed E-state index contributed by atoms with van der Waals surface area (Å²) in [6.07, 6.45) is 1.98. The van der Waals surface area contributed by atoms with Crippen LogP contribution in [0, 0.1) is 0 Å². The normalized spacial score (nSPS) is 13.4. The second-order valence-corrected chi connectivity index (χ2v) is 5.98. The quantitative estimate of drug-likeness (QED) is 0.667. The van der Waals surface area contributed by atoms with Gasteiger partial charge in [-0.05, 0) is 19.4 Å². The van der Waals surface area contributed by atoms with Crippen molar-refractivity contribution in [3.8, 4) is 0 Å². The highest BCUT2D eigenvalue weighted by molar-refractivity contribution is 7.89. The Bertz CT molecular complexity index is 549. The second-order valence-electron chi connectivity index (χ2n) is 4.26. The molecule has 0 saturated carbocycles. The predicted molar refractivity (Wildman–Crippen MR) is 68.6 cm³/mol. The maximum absolute atomic E-state index is 12.0. The Balaban J connectivity index is 3.14. The van der Waals surface area contributed by atoms with Gasteiger partial charge in [-0.1, -0.05) is 6.92 Å². The van der Waals surface area contributed by atoms with Gasteiger partial charge in [0.1, 0.15) is 10.6 Å². The molecule has 0 aromatic carbocycles. The number of carboxylic acids is 1. The zero-order chi connectivity index (χ0) is 14.6. The third-order valence-corrected chi connectivity index (χ3v) is 4.05. The van der Waals surface area contributed by atoms with Crippen LogP contribution in [-0.2, 0) is 16.6 Å². The van der Waals surface area contributed by atoms with E-state index < -0.39 is 22.0 Å². The molecule has 19 heavy (non-hydrogen) atoms. The summed E-state index contributed by atoms with van der Waals surface area (Å²) in [5.74, 6) is -1.18. The smallest absolute Gasteiger partial charge is 0.352 e. The summed E-state index contributed by atoms with van der Waals surface area (Å²) >= 11 is 0.